The number of amides is 1. The van der Waals surface area contributed by atoms with Gasteiger partial charge < -0.3 is 24.4 Å². The van der Waals surface area contributed by atoms with Crippen molar-refractivity contribution in [3.8, 4) is 5.75 Å². The first-order chi connectivity index (χ1) is 15.6. The Morgan fingerprint density at radius 1 is 1.30 bits per heavy atom. The Hall–Kier alpha value is -1.84. The molecule has 0 aromatic heterocycles. The largest absolute Gasteiger partial charge is 0.473 e. The summed E-state index contributed by atoms with van der Waals surface area (Å²) in [5.74, 6) is 0.453. The molecule has 4 atom stereocenters. The molecular weight excluding hydrogens is 437 g/mol. The minimum Gasteiger partial charge on any atom is -0.473 e. The van der Waals surface area contributed by atoms with Crippen molar-refractivity contribution < 1.29 is 32.2 Å². The predicted molar refractivity (Wildman–Crippen MR) is 116 cm³/mol. The van der Waals surface area contributed by atoms with E-state index in [0.717, 1.165) is 31.4 Å². The van der Waals surface area contributed by atoms with Gasteiger partial charge >= 0.3 is 6.18 Å². The van der Waals surface area contributed by atoms with Crippen molar-refractivity contribution in [2.45, 2.75) is 70.4 Å². The first-order valence-electron chi connectivity index (χ1n) is 11.6. The van der Waals surface area contributed by atoms with Crippen molar-refractivity contribution in [2.75, 3.05) is 27.1 Å². The lowest BCUT2D eigenvalue weighted by molar-refractivity contribution is -0.150. The van der Waals surface area contributed by atoms with E-state index in [1.807, 2.05) is 13.8 Å². The van der Waals surface area contributed by atoms with Crippen molar-refractivity contribution in [1.29, 1.82) is 0 Å². The molecule has 184 valence electrons. The Morgan fingerprint density at radius 2 is 2.09 bits per heavy atom. The highest BCUT2D eigenvalue weighted by atomic mass is 19.4. The number of rotatable bonds is 5. The summed E-state index contributed by atoms with van der Waals surface area (Å²) in [6.07, 6.45) is -1.32. The summed E-state index contributed by atoms with van der Waals surface area (Å²) >= 11 is 0. The summed E-state index contributed by atoms with van der Waals surface area (Å²) in [7, 11) is 1.68. The highest BCUT2D eigenvalue weighted by molar-refractivity contribution is 5.83. The van der Waals surface area contributed by atoms with Gasteiger partial charge in [0.25, 0.3) is 0 Å². The van der Waals surface area contributed by atoms with Gasteiger partial charge in [0.15, 0.2) is 6.73 Å². The fourth-order valence-electron chi connectivity index (χ4n) is 5.49. The average Bonchev–Trinajstić information content (AvgIpc) is 3.23. The fourth-order valence-corrected chi connectivity index (χ4v) is 5.49. The van der Waals surface area contributed by atoms with Gasteiger partial charge in [-0.25, -0.2) is 0 Å². The van der Waals surface area contributed by atoms with Crippen LogP contribution in [-0.2, 0) is 27.0 Å². The first kappa shape index (κ1) is 24.3. The van der Waals surface area contributed by atoms with E-state index in [1.165, 1.54) is 6.07 Å². The molecular formula is C24H33F3N2O4. The van der Waals surface area contributed by atoms with Gasteiger partial charge in [-0.15, -0.1) is 0 Å². The molecule has 2 unspecified atom stereocenters. The summed E-state index contributed by atoms with van der Waals surface area (Å²) in [6.45, 7) is 5.51. The molecule has 4 rings (SSSR count). The highest BCUT2D eigenvalue weighted by Crippen LogP contribution is 2.47. The number of hydrogen-bond donors (Lipinski definition) is 1. The van der Waals surface area contributed by atoms with Crippen LogP contribution in [0.2, 0.25) is 0 Å². The van der Waals surface area contributed by atoms with Crippen LogP contribution in [0.15, 0.2) is 18.2 Å². The number of carbonyl (C=O) groups is 1. The lowest BCUT2D eigenvalue weighted by Gasteiger charge is -2.40. The third-order valence-corrected chi connectivity index (χ3v) is 7.55. The van der Waals surface area contributed by atoms with E-state index in [0.29, 0.717) is 30.9 Å². The smallest absolute Gasteiger partial charge is 0.416 e. The molecule has 2 fully saturated rings. The Balaban J connectivity index is 1.48. The van der Waals surface area contributed by atoms with Crippen LogP contribution < -0.4 is 10.1 Å². The number of halogens is 3. The van der Waals surface area contributed by atoms with Crippen LogP contribution in [0, 0.1) is 11.3 Å². The normalized spacial score (nSPS) is 30.3. The van der Waals surface area contributed by atoms with Crippen molar-refractivity contribution in [3.05, 3.63) is 29.3 Å². The van der Waals surface area contributed by atoms with E-state index in [1.54, 1.807) is 12.0 Å². The number of alkyl halides is 3. The number of methoxy groups -OCH3 is 1. The first-order valence-corrected chi connectivity index (χ1v) is 11.6. The fraction of sp³-hybridized carbons (Fsp3) is 0.708. The maximum absolute atomic E-state index is 13.8. The number of carbonyl (C=O) groups excluding carboxylic acids is 1. The zero-order valence-corrected chi connectivity index (χ0v) is 19.4. The van der Waals surface area contributed by atoms with E-state index >= 15 is 0 Å². The summed E-state index contributed by atoms with van der Waals surface area (Å²) in [5.41, 5.74) is -0.915. The number of nitrogens with one attached hydrogen (secondary N) is 1. The number of hydrogen-bond acceptors (Lipinski definition) is 5. The molecule has 6 nitrogen and oxygen atoms in total. The monoisotopic (exact) mass is 470 g/mol. The number of ether oxygens (including phenoxy) is 3. The topological polar surface area (TPSA) is 60.0 Å². The lowest BCUT2D eigenvalue weighted by Crippen LogP contribution is -2.52. The summed E-state index contributed by atoms with van der Waals surface area (Å²) in [4.78, 5) is 15.3. The molecule has 1 aromatic rings. The van der Waals surface area contributed by atoms with Crippen LogP contribution in [0.3, 0.4) is 0 Å². The van der Waals surface area contributed by atoms with Crippen molar-refractivity contribution >= 4 is 5.91 Å². The van der Waals surface area contributed by atoms with Gasteiger partial charge in [0.1, 0.15) is 5.75 Å². The Bertz CT molecular complexity index is 863. The Kier molecular flexibility index (Phi) is 6.94. The van der Waals surface area contributed by atoms with Gasteiger partial charge in [-0.3, -0.25) is 4.79 Å². The lowest BCUT2D eigenvalue weighted by atomic mass is 9.74. The zero-order chi connectivity index (χ0) is 23.8. The second kappa shape index (κ2) is 9.43. The van der Waals surface area contributed by atoms with E-state index in [2.05, 4.69) is 5.32 Å². The van der Waals surface area contributed by atoms with Crippen LogP contribution in [0.5, 0.6) is 5.75 Å². The molecule has 1 saturated heterocycles. The van der Waals surface area contributed by atoms with E-state index < -0.39 is 17.2 Å². The van der Waals surface area contributed by atoms with E-state index in [9.17, 15) is 18.0 Å². The van der Waals surface area contributed by atoms with Gasteiger partial charge in [0.05, 0.1) is 30.2 Å². The Labute approximate surface area is 192 Å². The zero-order valence-electron chi connectivity index (χ0n) is 19.4. The second-order valence-corrected chi connectivity index (χ2v) is 9.76. The van der Waals surface area contributed by atoms with E-state index in [4.69, 9.17) is 14.2 Å². The predicted octanol–water partition coefficient (Wildman–Crippen LogP) is 3.97. The maximum Gasteiger partial charge on any atom is 0.416 e. The third kappa shape index (κ3) is 4.86. The van der Waals surface area contributed by atoms with Crippen molar-refractivity contribution in [3.63, 3.8) is 0 Å². The quantitative estimate of drug-likeness (QED) is 0.706. The molecule has 33 heavy (non-hydrogen) atoms. The molecule has 2 aliphatic heterocycles. The minimum atomic E-state index is -4.44. The highest BCUT2D eigenvalue weighted by Gasteiger charge is 2.50. The molecule has 9 heteroatoms. The summed E-state index contributed by atoms with van der Waals surface area (Å²) in [6, 6.07) is 3.80. The van der Waals surface area contributed by atoms with Crippen molar-refractivity contribution in [1.82, 2.24) is 10.2 Å². The van der Waals surface area contributed by atoms with Gasteiger partial charge in [-0.2, -0.15) is 13.2 Å². The van der Waals surface area contributed by atoms with Gasteiger partial charge in [0.2, 0.25) is 5.91 Å². The molecule has 3 aliphatic rings. The van der Waals surface area contributed by atoms with Crippen LogP contribution in [0.1, 0.15) is 50.7 Å². The standard InChI is InChI=1S/C24H33F3N2O4/c1-15(2)23(8-6-18(11-23)28-19-7-9-32-13-21(19)31-3)22(30)29-12-16-10-17(24(25,26)27)4-5-20(16)33-14-29/h4-5,10,15,18-19,21,28H,6-9,11-14H2,1-3H3/t18-,19?,21?,23+/m1/s1. The SMILES string of the molecule is COC1COCCC1N[C@@H]1CC[C@@](C(=O)N2COc3ccc(C(F)(F)F)cc3C2)(C(C)C)C1. The third-order valence-electron chi connectivity index (χ3n) is 7.55. The van der Waals surface area contributed by atoms with Gasteiger partial charge in [-0.1, -0.05) is 13.8 Å². The molecule has 0 spiro atoms. The van der Waals surface area contributed by atoms with Gasteiger partial charge in [-0.05, 0) is 49.8 Å². The van der Waals surface area contributed by atoms with Crippen LogP contribution >= 0.6 is 0 Å². The molecule has 2 heterocycles. The maximum atomic E-state index is 13.8. The van der Waals surface area contributed by atoms with Gasteiger partial charge in [0, 0.05) is 31.4 Å². The molecule has 1 aromatic carbocycles. The average molecular weight is 471 g/mol. The van der Waals surface area contributed by atoms with Crippen molar-refractivity contribution in [2.24, 2.45) is 11.3 Å². The molecule has 0 radical (unpaired) electrons. The van der Waals surface area contributed by atoms with Crippen LogP contribution in [-0.4, -0.2) is 56.0 Å². The number of benzene rings is 1. The minimum absolute atomic E-state index is 0.0154. The molecule has 1 saturated carbocycles. The Morgan fingerprint density at radius 3 is 2.79 bits per heavy atom. The molecule has 1 aliphatic carbocycles. The molecule has 1 N–H and O–H groups in total. The summed E-state index contributed by atoms with van der Waals surface area (Å²) in [5, 5.41) is 3.69. The second-order valence-electron chi connectivity index (χ2n) is 9.76. The van der Waals surface area contributed by atoms with E-state index in [-0.39, 0.29) is 43.3 Å². The number of fused-ring (bicyclic) bond motifs is 1. The van der Waals surface area contributed by atoms with Crippen LogP contribution in [0.4, 0.5) is 13.2 Å². The molecule has 1 amide bonds. The molecule has 0 bridgehead atoms. The number of nitrogens with zero attached hydrogens (tertiary/aromatic N) is 1. The van der Waals surface area contributed by atoms with Crippen LogP contribution in [0.25, 0.3) is 0 Å². The summed E-state index contributed by atoms with van der Waals surface area (Å²) < 4.78 is 56.3.